The number of nitrogens with two attached hydrogens (primary N) is 1. The van der Waals surface area contributed by atoms with E-state index in [4.69, 9.17) is 15.2 Å². The summed E-state index contributed by atoms with van der Waals surface area (Å²) in [5.41, 5.74) is 5.17. The normalized spacial score (nSPS) is 14.3. The highest BCUT2D eigenvalue weighted by Gasteiger charge is 2.26. The highest BCUT2D eigenvalue weighted by atomic mass is 16.5. The monoisotopic (exact) mass is 225 g/mol. The topological polar surface area (TPSA) is 64.7 Å². The third-order valence-electron chi connectivity index (χ3n) is 2.62. The van der Waals surface area contributed by atoms with Gasteiger partial charge in [0.05, 0.1) is 19.8 Å². The lowest BCUT2D eigenvalue weighted by atomic mass is 9.91. The summed E-state index contributed by atoms with van der Waals surface area (Å²) in [6, 6.07) is 5.34. The minimum atomic E-state index is -1.01. The molecule has 0 saturated heterocycles. The van der Waals surface area contributed by atoms with Gasteiger partial charge in [0.15, 0.2) is 0 Å². The van der Waals surface area contributed by atoms with Crippen molar-refractivity contribution in [2.75, 3.05) is 20.8 Å². The van der Waals surface area contributed by atoms with E-state index in [2.05, 4.69) is 0 Å². The van der Waals surface area contributed by atoms with Crippen LogP contribution in [-0.2, 0) is 5.60 Å². The Morgan fingerprint density at radius 3 is 2.50 bits per heavy atom. The highest BCUT2D eigenvalue weighted by molar-refractivity contribution is 5.43. The molecule has 0 aliphatic rings. The van der Waals surface area contributed by atoms with Crippen molar-refractivity contribution in [3.05, 3.63) is 23.8 Å². The van der Waals surface area contributed by atoms with E-state index in [-0.39, 0.29) is 0 Å². The van der Waals surface area contributed by atoms with Gasteiger partial charge in [-0.1, -0.05) is 0 Å². The molecule has 1 rings (SSSR count). The van der Waals surface area contributed by atoms with Crippen molar-refractivity contribution >= 4 is 0 Å². The van der Waals surface area contributed by atoms with Crippen LogP contribution < -0.4 is 15.2 Å². The van der Waals surface area contributed by atoms with Gasteiger partial charge in [0.1, 0.15) is 11.5 Å². The average molecular weight is 225 g/mol. The zero-order valence-electron chi connectivity index (χ0n) is 9.99. The summed E-state index contributed by atoms with van der Waals surface area (Å²) >= 11 is 0. The highest BCUT2D eigenvalue weighted by Crippen LogP contribution is 2.34. The van der Waals surface area contributed by atoms with Crippen molar-refractivity contribution in [3.63, 3.8) is 0 Å². The first-order valence-electron chi connectivity index (χ1n) is 5.20. The summed E-state index contributed by atoms with van der Waals surface area (Å²) in [4.78, 5) is 0. The fourth-order valence-electron chi connectivity index (χ4n) is 1.65. The molecule has 0 saturated carbocycles. The number of hydrogen-bond acceptors (Lipinski definition) is 4. The Kier molecular flexibility index (Phi) is 4.15. The van der Waals surface area contributed by atoms with Crippen LogP contribution in [0.4, 0.5) is 0 Å². The number of benzene rings is 1. The first-order valence-corrected chi connectivity index (χ1v) is 5.20. The van der Waals surface area contributed by atoms with Crippen LogP contribution in [0.2, 0.25) is 0 Å². The van der Waals surface area contributed by atoms with Crippen LogP contribution >= 0.6 is 0 Å². The van der Waals surface area contributed by atoms with Crippen molar-refractivity contribution in [2.45, 2.75) is 18.9 Å². The summed E-state index contributed by atoms with van der Waals surface area (Å²) in [7, 11) is 3.16. The van der Waals surface area contributed by atoms with E-state index in [0.717, 1.165) is 0 Å². The molecule has 1 unspecified atom stereocenters. The van der Waals surface area contributed by atoms with Gasteiger partial charge in [0.25, 0.3) is 0 Å². The predicted molar refractivity (Wildman–Crippen MR) is 62.8 cm³/mol. The van der Waals surface area contributed by atoms with Gasteiger partial charge in [-0.25, -0.2) is 0 Å². The van der Waals surface area contributed by atoms with Crippen molar-refractivity contribution in [3.8, 4) is 11.5 Å². The molecule has 0 fully saturated rings. The molecule has 1 aromatic rings. The van der Waals surface area contributed by atoms with E-state index in [1.165, 1.54) is 0 Å². The van der Waals surface area contributed by atoms with E-state index in [9.17, 15) is 5.11 Å². The van der Waals surface area contributed by atoms with E-state index < -0.39 is 5.60 Å². The second-order valence-corrected chi connectivity index (χ2v) is 3.88. The fourth-order valence-corrected chi connectivity index (χ4v) is 1.65. The maximum Gasteiger partial charge on any atom is 0.125 e. The van der Waals surface area contributed by atoms with E-state index in [1.807, 2.05) is 0 Å². The molecule has 0 radical (unpaired) electrons. The summed E-state index contributed by atoms with van der Waals surface area (Å²) < 4.78 is 10.4. The second kappa shape index (κ2) is 5.18. The maximum atomic E-state index is 10.3. The van der Waals surface area contributed by atoms with Gasteiger partial charge >= 0.3 is 0 Å². The quantitative estimate of drug-likeness (QED) is 0.791. The minimum Gasteiger partial charge on any atom is -0.497 e. The molecule has 4 heteroatoms. The second-order valence-electron chi connectivity index (χ2n) is 3.88. The molecular formula is C12H19NO3. The summed E-state index contributed by atoms with van der Waals surface area (Å²) in [6.45, 7) is 2.13. The van der Waals surface area contributed by atoms with Crippen molar-refractivity contribution in [1.82, 2.24) is 0 Å². The molecule has 3 N–H and O–H groups in total. The molecule has 0 bridgehead atoms. The Bertz CT molecular complexity index is 350. The molecule has 0 aliphatic carbocycles. The molecule has 90 valence electrons. The minimum absolute atomic E-state index is 0.410. The smallest absolute Gasteiger partial charge is 0.125 e. The van der Waals surface area contributed by atoms with E-state index >= 15 is 0 Å². The zero-order chi connectivity index (χ0) is 12.2. The number of methoxy groups -OCH3 is 2. The summed E-state index contributed by atoms with van der Waals surface area (Å²) in [5, 5.41) is 10.3. The largest absolute Gasteiger partial charge is 0.497 e. The number of ether oxygens (including phenoxy) is 2. The Morgan fingerprint density at radius 2 is 2.00 bits per heavy atom. The third-order valence-corrected chi connectivity index (χ3v) is 2.62. The fraction of sp³-hybridized carbons (Fsp3) is 0.500. The molecule has 0 heterocycles. The zero-order valence-corrected chi connectivity index (χ0v) is 9.99. The lowest BCUT2D eigenvalue weighted by Gasteiger charge is -2.25. The lowest BCUT2D eigenvalue weighted by Crippen LogP contribution is -2.25. The van der Waals surface area contributed by atoms with Gasteiger partial charge in [-0.2, -0.15) is 0 Å². The lowest BCUT2D eigenvalue weighted by molar-refractivity contribution is 0.0476. The Labute approximate surface area is 96.0 Å². The predicted octanol–water partition coefficient (Wildman–Crippen LogP) is 1.26. The first kappa shape index (κ1) is 12.8. The van der Waals surface area contributed by atoms with Crippen LogP contribution in [0.25, 0.3) is 0 Å². The first-order chi connectivity index (χ1) is 7.55. The van der Waals surface area contributed by atoms with Gasteiger partial charge < -0.3 is 20.3 Å². The Hall–Kier alpha value is -1.26. The molecule has 16 heavy (non-hydrogen) atoms. The van der Waals surface area contributed by atoms with Crippen LogP contribution in [0.1, 0.15) is 18.9 Å². The van der Waals surface area contributed by atoms with E-state index in [1.54, 1.807) is 39.3 Å². The standard InChI is InChI=1S/C12H19NO3/c1-12(14,6-7-13)10-8-9(15-2)4-5-11(10)16-3/h4-5,8,14H,6-7,13H2,1-3H3. The van der Waals surface area contributed by atoms with Gasteiger partial charge in [-0.05, 0) is 38.1 Å². The van der Waals surface area contributed by atoms with Crippen molar-refractivity contribution in [1.29, 1.82) is 0 Å². The number of hydrogen-bond donors (Lipinski definition) is 2. The van der Waals surface area contributed by atoms with Gasteiger partial charge in [-0.3, -0.25) is 0 Å². The molecule has 4 nitrogen and oxygen atoms in total. The van der Waals surface area contributed by atoms with Crippen LogP contribution in [0, 0.1) is 0 Å². The Morgan fingerprint density at radius 1 is 1.31 bits per heavy atom. The summed E-state index contributed by atoms with van der Waals surface area (Å²) in [6.07, 6.45) is 0.469. The maximum absolute atomic E-state index is 10.3. The molecule has 0 amide bonds. The van der Waals surface area contributed by atoms with Crippen LogP contribution in [0.5, 0.6) is 11.5 Å². The SMILES string of the molecule is COc1ccc(OC)c(C(C)(O)CCN)c1. The molecular weight excluding hydrogens is 206 g/mol. The van der Waals surface area contributed by atoms with Crippen LogP contribution in [0.3, 0.4) is 0 Å². The average Bonchev–Trinajstić information content (AvgIpc) is 2.28. The summed E-state index contributed by atoms with van der Waals surface area (Å²) in [5.74, 6) is 1.33. The van der Waals surface area contributed by atoms with E-state index in [0.29, 0.717) is 30.0 Å². The number of aliphatic hydroxyl groups is 1. The van der Waals surface area contributed by atoms with Gasteiger partial charge in [0.2, 0.25) is 0 Å². The van der Waals surface area contributed by atoms with Crippen molar-refractivity contribution in [2.24, 2.45) is 5.73 Å². The Balaban J connectivity index is 3.17. The van der Waals surface area contributed by atoms with Crippen molar-refractivity contribution < 1.29 is 14.6 Å². The third kappa shape index (κ3) is 2.65. The molecule has 0 aromatic heterocycles. The molecule has 0 aliphatic heterocycles. The number of rotatable bonds is 5. The van der Waals surface area contributed by atoms with Crippen LogP contribution in [-0.4, -0.2) is 25.9 Å². The van der Waals surface area contributed by atoms with Gasteiger partial charge in [0, 0.05) is 5.56 Å². The molecule has 1 atom stereocenters. The van der Waals surface area contributed by atoms with Gasteiger partial charge in [-0.15, -0.1) is 0 Å². The molecule has 0 spiro atoms. The molecule has 1 aromatic carbocycles. The van der Waals surface area contributed by atoms with Crippen LogP contribution in [0.15, 0.2) is 18.2 Å².